The fourth-order valence-electron chi connectivity index (χ4n) is 1.32. The second-order valence-electron chi connectivity index (χ2n) is 4.88. The molecule has 0 aliphatic rings. The van der Waals surface area contributed by atoms with Gasteiger partial charge in [-0.05, 0) is 37.3 Å². The van der Waals surface area contributed by atoms with Crippen molar-refractivity contribution in [3.8, 4) is 0 Å². The summed E-state index contributed by atoms with van der Waals surface area (Å²) >= 11 is 5.69. The molecule has 0 spiro atoms. The van der Waals surface area contributed by atoms with Gasteiger partial charge in [-0.1, -0.05) is 36.7 Å². The molecule has 1 aromatic heterocycles. The Morgan fingerprint density at radius 2 is 2.00 bits per heavy atom. The summed E-state index contributed by atoms with van der Waals surface area (Å²) in [5.74, 6) is 0. The van der Waals surface area contributed by atoms with Crippen LogP contribution in [0.25, 0.3) is 0 Å². The summed E-state index contributed by atoms with van der Waals surface area (Å²) in [5, 5.41) is 0. The zero-order valence-corrected chi connectivity index (χ0v) is 11.8. The maximum atomic E-state index is 3.77. The minimum Gasteiger partial charge on any atom is -0.146 e. The normalized spacial score (nSPS) is 14.4. The van der Waals surface area contributed by atoms with Gasteiger partial charge in [0.25, 0.3) is 0 Å². The monoisotopic (exact) mass is 274 g/mol. The van der Waals surface area contributed by atoms with Gasteiger partial charge < -0.3 is 0 Å². The molecule has 0 aliphatic heterocycles. The lowest BCUT2D eigenvalue weighted by atomic mass is 9.89. The van der Waals surface area contributed by atoms with E-state index in [4.69, 9.17) is 0 Å². The molecule has 0 saturated carbocycles. The molecule has 1 rings (SSSR count). The van der Waals surface area contributed by atoms with E-state index in [-0.39, 0.29) is 0 Å². The molecule has 0 radical (unpaired) electrons. The van der Waals surface area contributed by atoms with E-state index >= 15 is 0 Å². The summed E-state index contributed by atoms with van der Waals surface area (Å²) in [6, 6.07) is 4.46. The fourth-order valence-corrected chi connectivity index (χ4v) is 2.46. The van der Waals surface area contributed by atoms with Crippen LogP contribution in [0.2, 0.25) is 0 Å². The van der Waals surface area contributed by atoms with E-state index in [1.807, 2.05) is 11.3 Å². The molecule has 0 saturated heterocycles. The first-order valence-electron chi connectivity index (χ1n) is 5.09. The van der Waals surface area contributed by atoms with Gasteiger partial charge in [0, 0.05) is 14.6 Å². The molecule has 14 heavy (non-hydrogen) atoms. The first-order valence-corrected chi connectivity index (χ1v) is 6.82. The predicted octanol–water partition coefficient (Wildman–Crippen LogP) is 4.80. The first kappa shape index (κ1) is 12.3. The molecule has 1 unspecified atom stereocenters. The number of hydrogen-bond donors (Lipinski definition) is 0. The number of alkyl halides is 1. The molecule has 0 amide bonds. The Morgan fingerprint density at radius 3 is 2.43 bits per heavy atom. The minimum atomic E-state index is 0.367. The second kappa shape index (κ2) is 4.80. The molecule has 0 nitrogen and oxygen atoms in total. The Labute approximate surface area is 99.9 Å². The van der Waals surface area contributed by atoms with Crippen molar-refractivity contribution in [1.29, 1.82) is 0 Å². The Bertz CT molecular complexity index is 283. The molecule has 2 heteroatoms. The molecular formula is C12H19BrS. The van der Waals surface area contributed by atoms with Gasteiger partial charge in [-0.3, -0.25) is 0 Å². The molecule has 0 fully saturated rings. The SMILES string of the molecule is Cc1ccc(CCC(Br)C(C)(C)C)s1. The highest BCUT2D eigenvalue weighted by Crippen LogP contribution is 2.30. The van der Waals surface area contributed by atoms with Crippen molar-refractivity contribution >= 4 is 27.3 Å². The maximum absolute atomic E-state index is 3.77. The largest absolute Gasteiger partial charge is 0.146 e. The van der Waals surface area contributed by atoms with Crippen molar-refractivity contribution in [3.05, 3.63) is 21.9 Å². The van der Waals surface area contributed by atoms with E-state index in [1.54, 1.807) is 0 Å². The van der Waals surface area contributed by atoms with Gasteiger partial charge in [-0.25, -0.2) is 0 Å². The zero-order valence-electron chi connectivity index (χ0n) is 9.43. The van der Waals surface area contributed by atoms with Gasteiger partial charge in [-0.15, -0.1) is 11.3 Å². The van der Waals surface area contributed by atoms with Gasteiger partial charge in [0.1, 0.15) is 0 Å². The quantitative estimate of drug-likeness (QED) is 0.695. The number of halogens is 1. The van der Waals surface area contributed by atoms with Gasteiger partial charge in [0.2, 0.25) is 0 Å². The Balaban J connectivity index is 2.41. The molecule has 0 N–H and O–H groups in total. The molecule has 1 aromatic rings. The Morgan fingerprint density at radius 1 is 1.36 bits per heavy atom. The smallest absolute Gasteiger partial charge is 0.0197 e. The molecule has 1 atom stereocenters. The maximum Gasteiger partial charge on any atom is 0.0197 e. The number of rotatable bonds is 3. The summed E-state index contributed by atoms with van der Waals surface area (Å²) < 4.78 is 0. The summed E-state index contributed by atoms with van der Waals surface area (Å²) in [6.45, 7) is 9.02. The average molecular weight is 275 g/mol. The molecule has 0 aromatic carbocycles. The Hall–Kier alpha value is 0.180. The fraction of sp³-hybridized carbons (Fsp3) is 0.667. The summed E-state index contributed by atoms with van der Waals surface area (Å²) in [5.41, 5.74) is 0.367. The van der Waals surface area contributed by atoms with E-state index < -0.39 is 0 Å². The van der Waals surface area contributed by atoms with Crippen LogP contribution in [0.3, 0.4) is 0 Å². The standard InChI is InChI=1S/C12H19BrS/c1-9-5-6-10(14-9)7-8-11(13)12(2,3)4/h5-6,11H,7-8H2,1-4H3. The van der Waals surface area contributed by atoms with Crippen molar-refractivity contribution in [2.75, 3.05) is 0 Å². The van der Waals surface area contributed by atoms with E-state index in [1.165, 1.54) is 22.6 Å². The highest BCUT2D eigenvalue weighted by atomic mass is 79.9. The van der Waals surface area contributed by atoms with Crippen LogP contribution in [0.1, 0.15) is 36.9 Å². The summed E-state index contributed by atoms with van der Waals surface area (Å²) in [4.78, 5) is 3.54. The highest BCUT2D eigenvalue weighted by molar-refractivity contribution is 9.09. The third kappa shape index (κ3) is 3.74. The van der Waals surface area contributed by atoms with Crippen molar-refractivity contribution < 1.29 is 0 Å². The topological polar surface area (TPSA) is 0 Å². The van der Waals surface area contributed by atoms with Gasteiger partial charge in [-0.2, -0.15) is 0 Å². The van der Waals surface area contributed by atoms with Crippen LogP contribution >= 0.6 is 27.3 Å². The van der Waals surface area contributed by atoms with E-state index in [9.17, 15) is 0 Å². The van der Waals surface area contributed by atoms with Crippen LogP contribution in [-0.4, -0.2) is 4.83 Å². The van der Waals surface area contributed by atoms with Gasteiger partial charge >= 0.3 is 0 Å². The van der Waals surface area contributed by atoms with E-state index in [2.05, 4.69) is 55.8 Å². The lowest BCUT2D eigenvalue weighted by molar-refractivity contribution is 0.386. The van der Waals surface area contributed by atoms with Crippen molar-refractivity contribution in [1.82, 2.24) is 0 Å². The first-order chi connectivity index (χ1) is 6.39. The third-order valence-electron chi connectivity index (χ3n) is 2.38. The van der Waals surface area contributed by atoms with Crippen LogP contribution in [-0.2, 0) is 6.42 Å². The zero-order chi connectivity index (χ0) is 10.8. The van der Waals surface area contributed by atoms with E-state index in [0.29, 0.717) is 10.2 Å². The number of thiophene rings is 1. The Kier molecular flexibility index (Phi) is 4.20. The van der Waals surface area contributed by atoms with Crippen molar-refractivity contribution in [3.63, 3.8) is 0 Å². The molecular weight excluding hydrogens is 256 g/mol. The highest BCUT2D eigenvalue weighted by Gasteiger charge is 2.21. The van der Waals surface area contributed by atoms with Crippen molar-refractivity contribution in [2.45, 2.75) is 45.4 Å². The lowest BCUT2D eigenvalue weighted by Crippen LogP contribution is -2.20. The van der Waals surface area contributed by atoms with E-state index in [0.717, 1.165) is 0 Å². The molecule has 1 heterocycles. The van der Waals surface area contributed by atoms with Crippen LogP contribution in [0, 0.1) is 12.3 Å². The summed E-state index contributed by atoms with van der Waals surface area (Å²) in [6.07, 6.45) is 2.43. The van der Waals surface area contributed by atoms with Gasteiger partial charge in [0.05, 0.1) is 0 Å². The number of aryl methyl sites for hydroxylation is 2. The predicted molar refractivity (Wildman–Crippen MR) is 69.5 cm³/mol. The molecule has 0 aliphatic carbocycles. The van der Waals surface area contributed by atoms with Crippen LogP contribution in [0.4, 0.5) is 0 Å². The molecule has 0 bridgehead atoms. The lowest BCUT2D eigenvalue weighted by Gasteiger charge is -2.25. The average Bonchev–Trinajstić information content (AvgIpc) is 2.45. The van der Waals surface area contributed by atoms with Gasteiger partial charge in [0.15, 0.2) is 0 Å². The molecule has 80 valence electrons. The third-order valence-corrected chi connectivity index (χ3v) is 5.27. The van der Waals surface area contributed by atoms with Crippen LogP contribution in [0.5, 0.6) is 0 Å². The number of hydrogen-bond acceptors (Lipinski definition) is 1. The minimum absolute atomic E-state index is 0.367. The summed E-state index contributed by atoms with van der Waals surface area (Å²) in [7, 11) is 0. The van der Waals surface area contributed by atoms with Crippen molar-refractivity contribution in [2.24, 2.45) is 5.41 Å². The van der Waals surface area contributed by atoms with Crippen LogP contribution in [0.15, 0.2) is 12.1 Å². The van der Waals surface area contributed by atoms with Crippen LogP contribution < -0.4 is 0 Å². The second-order valence-corrected chi connectivity index (χ2v) is 7.36.